The second-order valence-electron chi connectivity index (χ2n) is 9.41. The number of hydrogen-bond acceptors (Lipinski definition) is 6. The Hall–Kier alpha value is -3.10. The largest absolute Gasteiger partial charge is 0.497 e. The predicted octanol–water partition coefficient (Wildman–Crippen LogP) is 2.22. The Kier molecular flexibility index (Phi) is 8.25. The molecule has 2 aliphatic heterocycles. The van der Waals surface area contributed by atoms with Gasteiger partial charge in [0.15, 0.2) is 0 Å². The summed E-state index contributed by atoms with van der Waals surface area (Å²) in [5, 5.41) is 3.04. The van der Waals surface area contributed by atoms with Crippen molar-refractivity contribution in [1.29, 1.82) is 0 Å². The van der Waals surface area contributed by atoms with E-state index >= 15 is 0 Å². The van der Waals surface area contributed by atoms with Gasteiger partial charge >= 0.3 is 0 Å². The number of benzene rings is 2. The second-order valence-corrected chi connectivity index (χ2v) is 9.41. The molecule has 2 aromatic carbocycles. The highest BCUT2D eigenvalue weighted by Gasteiger charge is 2.25. The number of nitrogens with one attached hydrogen (secondary N) is 1. The highest BCUT2D eigenvalue weighted by molar-refractivity contribution is 5.93. The zero-order chi connectivity index (χ0) is 24.8. The minimum absolute atomic E-state index is 0.0120. The molecule has 8 nitrogen and oxygen atoms in total. The molecule has 35 heavy (non-hydrogen) atoms. The number of carbonyl (C=O) groups is 2. The highest BCUT2D eigenvalue weighted by Crippen LogP contribution is 2.21. The molecule has 2 saturated heterocycles. The minimum atomic E-state index is 0.0120. The number of anilines is 2. The van der Waals surface area contributed by atoms with Crippen LogP contribution in [0.4, 0.5) is 11.4 Å². The van der Waals surface area contributed by atoms with Crippen molar-refractivity contribution in [3.8, 4) is 5.75 Å². The molecule has 0 atom stereocenters. The van der Waals surface area contributed by atoms with E-state index in [9.17, 15) is 9.59 Å². The first-order valence-electron chi connectivity index (χ1n) is 12.4. The Morgan fingerprint density at radius 1 is 0.829 bits per heavy atom. The van der Waals surface area contributed by atoms with Gasteiger partial charge in [-0.15, -0.1) is 0 Å². The van der Waals surface area contributed by atoms with Crippen LogP contribution in [0.25, 0.3) is 0 Å². The zero-order valence-corrected chi connectivity index (χ0v) is 21.1. The van der Waals surface area contributed by atoms with E-state index < -0.39 is 0 Å². The van der Waals surface area contributed by atoms with E-state index in [0.29, 0.717) is 13.1 Å². The first-order valence-corrected chi connectivity index (χ1v) is 12.4. The Bertz CT molecular complexity index is 1010. The molecule has 188 valence electrons. The van der Waals surface area contributed by atoms with Crippen LogP contribution in [0.15, 0.2) is 42.5 Å². The smallest absolute Gasteiger partial charge is 0.238 e. The van der Waals surface area contributed by atoms with Crippen LogP contribution >= 0.6 is 0 Å². The Labute approximate surface area is 208 Å². The number of hydrogen-bond donors (Lipinski definition) is 1. The van der Waals surface area contributed by atoms with Crippen molar-refractivity contribution in [2.75, 3.05) is 82.8 Å². The first kappa shape index (κ1) is 25.0. The van der Waals surface area contributed by atoms with E-state index in [0.717, 1.165) is 75.0 Å². The van der Waals surface area contributed by atoms with Crippen LogP contribution in [-0.4, -0.2) is 99.1 Å². The van der Waals surface area contributed by atoms with E-state index in [-0.39, 0.29) is 11.8 Å². The molecule has 1 N–H and O–H groups in total. The van der Waals surface area contributed by atoms with Crippen LogP contribution in [0.1, 0.15) is 11.1 Å². The van der Waals surface area contributed by atoms with Gasteiger partial charge in [-0.3, -0.25) is 19.4 Å². The summed E-state index contributed by atoms with van der Waals surface area (Å²) in [6.07, 6.45) is 0. The van der Waals surface area contributed by atoms with Gasteiger partial charge in [-0.05, 0) is 55.3 Å². The number of aryl methyl sites for hydroxylation is 1. The number of amides is 2. The number of carbonyl (C=O) groups excluding carboxylic acids is 2. The lowest BCUT2D eigenvalue weighted by Gasteiger charge is -2.38. The molecule has 8 heteroatoms. The number of rotatable bonds is 7. The van der Waals surface area contributed by atoms with Crippen LogP contribution in [0.3, 0.4) is 0 Å². The summed E-state index contributed by atoms with van der Waals surface area (Å²) in [5.41, 5.74) is 4.32. The van der Waals surface area contributed by atoms with E-state index in [4.69, 9.17) is 4.74 Å². The van der Waals surface area contributed by atoms with E-state index in [1.165, 1.54) is 5.56 Å². The van der Waals surface area contributed by atoms with Crippen molar-refractivity contribution in [3.05, 3.63) is 53.6 Å². The normalized spacial score (nSPS) is 17.3. The lowest BCUT2D eigenvalue weighted by atomic mass is 10.1. The molecule has 0 unspecified atom stereocenters. The number of nitrogens with zero attached hydrogens (tertiary/aromatic N) is 4. The van der Waals surface area contributed by atoms with Crippen LogP contribution in [0.2, 0.25) is 0 Å². The van der Waals surface area contributed by atoms with Gasteiger partial charge in [0.05, 0.1) is 20.2 Å². The molecule has 2 fully saturated rings. The summed E-state index contributed by atoms with van der Waals surface area (Å²) in [7, 11) is 1.67. The van der Waals surface area contributed by atoms with Crippen molar-refractivity contribution in [3.63, 3.8) is 0 Å². The van der Waals surface area contributed by atoms with Crippen molar-refractivity contribution in [2.45, 2.75) is 13.8 Å². The van der Waals surface area contributed by atoms with E-state index in [1.54, 1.807) is 7.11 Å². The molecule has 2 aromatic rings. The maximum atomic E-state index is 12.9. The molecule has 0 radical (unpaired) electrons. The molecule has 0 saturated carbocycles. The average Bonchev–Trinajstić information content (AvgIpc) is 2.88. The molecule has 2 amide bonds. The molecular weight excluding hydrogens is 442 g/mol. The lowest BCUT2D eigenvalue weighted by molar-refractivity contribution is -0.133. The number of methoxy groups -OCH3 is 1. The predicted molar refractivity (Wildman–Crippen MR) is 139 cm³/mol. The van der Waals surface area contributed by atoms with Crippen LogP contribution in [-0.2, 0) is 9.59 Å². The third kappa shape index (κ3) is 6.52. The summed E-state index contributed by atoms with van der Waals surface area (Å²) in [5.74, 6) is 1.06. The quantitative estimate of drug-likeness (QED) is 0.657. The third-order valence-corrected chi connectivity index (χ3v) is 7.14. The van der Waals surface area contributed by atoms with E-state index in [2.05, 4.69) is 32.1 Å². The Morgan fingerprint density at radius 3 is 2.09 bits per heavy atom. The van der Waals surface area contributed by atoms with Gasteiger partial charge in [-0.2, -0.15) is 0 Å². The molecule has 2 aliphatic rings. The maximum absolute atomic E-state index is 12.9. The topological polar surface area (TPSA) is 68.4 Å². The molecule has 4 rings (SSSR count). The zero-order valence-electron chi connectivity index (χ0n) is 21.1. The van der Waals surface area contributed by atoms with Gasteiger partial charge in [-0.25, -0.2) is 0 Å². The summed E-state index contributed by atoms with van der Waals surface area (Å²) < 4.78 is 5.24. The van der Waals surface area contributed by atoms with Crippen molar-refractivity contribution < 1.29 is 14.3 Å². The van der Waals surface area contributed by atoms with Gasteiger partial charge in [0.2, 0.25) is 11.8 Å². The highest BCUT2D eigenvalue weighted by atomic mass is 16.5. The number of ether oxygens (including phenoxy) is 1. The van der Waals surface area contributed by atoms with Crippen molar-refractivity contribution in [2.24, 2.45) is 0 Å². The summed E-state index contributed by atoms with van der Waals surface area (Å²) in [6.45, 7) is 11.2. The van der Waals surface area contributed by atoms with Gasteiger partial charge in [-0.1, -0.05) is 12.1 Å². The number of piperazine rings is 2. The molecular formula is C27H37N5O3. The Morgan fingerprint density at radius 2 is 1.46 bits per heavy atom. The molecule has 0 spiro atoms. The van der Waals surface area contributed by atoms with Crippen LogP contribution in [0.5, 0.6) is 5.75 Å². The fourth-order valence-corrected chi connectivity index (χ4v) is 4.68. The first-order chi connectivity index (χ1) is 16.9. The standard InChI is InChI=1S/C27H37N5O3/c1-21-5-4-6-25(22(21)2)28-26(33)19-29-11-13-30(14-12-29)20-27(34)32-17-15-31(16-18-32)23-7-9-24(35-3)10-8-23/h4-10H,11-20H2,1-3H3,(H,28,33). The Balaban J connectivity index is 1.17. The summed E-state index contributed by atoms with van der Waals surface area (Å²) in [6, 6.07) is 14.0. The molecule has 0 bridgehead atoms. The summed E-state index contributed by atoms with van der Waals surface area (Å²) in [4.78, 5) is 34.1. The summed E-state index contributed by atoms with van der Waals surface area (Å²) >= 11 is 0. The maximum Gasteiger partial charge on any atom is 0.238 e. The van der Waals surface area contributed by atoms with Gasteiger partial charge in [0.25, 0.3) is 0 Å². The van der Waals surface area contributed by atoms with Gasteiger partial charge in [0.1, 0.15) is 5.75 Å². The van der Waals surface area contributed by atoms with Crippen molar-refractivity contribution >= 4 is 23.2 Å². The van der Waals surface area contributed by atoms with Gasteiger partial charge < -0.3 is 19.9 Å². The lowest BCUT2D eigenvalue weighted by Crippen LogP contribution is -2.54. The second kappa shape index (κ2) is 11.6. The van der Waals surface area contributed by atoms with Crippen molar-refractivity contribution in [1.82, 2.24) is 14.7 Å². The monoisotopic (exact) mass is 479 g/mol. The molecule has 0 aliphatic carbocycles. The van der Waals surface area contributed by atoms with Crippen LogP contribution < -0.4 is 15.0 Å². The minimum Gasteiger partial charge on any atom is -0.497 e. The van der Waals surface area contributed by atoms with Gasteiger partial charge in [0, 0.05) is 63.7 Å². The molecule has 2 heterocycles. The third-order valence-electron chi connectivity index (χ3n) is 7.14. The SMILES string of the molecule is COc1ccc(N2CCN(C(=O)CN3CCN(CC(=O)Nc4cccc(C)c4C)CC3)CC2)cc1. The fraction of sp³-hybridized carbons (Fsp3) is 0.481. The van der Waals surface area contributed by atoms with Crippen LogP contribution in [0, 0.1) is 13.8 Å². The fourth-order valence-electron chi connectivity index (χ4n) is 4.68. The average molecular weight is 480 g/mol. The van der Waals surface area contributed by atoms with E-state index in [1.807, 2.05) is 49.1 Å². The molecule has 0 aromatic heterocycles.